The molecule has 1 aliphatic heterocycles. The molecule has 5 atom stereocenters. The number of esters is 1. The molecule has 12 nitrogen and oxygen atoms in total. The summed E-state index contributed by atoms with van der Waals surface area (Å²) in [4.78, 5) is 24.7. The summed E-state index contributed by atoms with van der Waals surface area (Å²) >= 11 is 6.40. The van der Waals surface area contributed by atoms with Crippen molar-refractivity contribution in [3.05, 3.63) is 52.5 Å². The summed E-state index contributed by atoms with van der Waals surface area (Å²) in [6.07, 6.45) is -5.95. The Morgan fingerprint density at radius 2 is 1.87 bits per heavy atom. The maximum atomic E-state index is 12.7. The van der Waals surface area contributed by atoms with Crippen LogP contribution in [0.15, 0.2) is 36.4 Å². The smallest absolute Gasteiger partial charge is 0.338 e. The quantitative estimate of drug-likeness (QED) is 0.232. The van der Waals surface area contributed by atoms with Crippen molar-refractivity contribution in [3.63, 3.8) is 0 Å². The molecule has 1 saturated heterocycles. The maximum absolute atomic E-state index is 12.7. The van der Waals surface area contributed by atoms with Gasteiger partial charge in [0.1, 0.15) is 37.6 Å². The van der Waals surface area contributed by atoms with Gasteiger partial charge in [0.25, 0.3) is 0 Å². The van der Waals surface area contributed by atoms with Gasteiger partial charge in [-0.2, -0.15) is 0 Å². The Kier molecular flexibility index (Phi) is 11.3. The van der Waals surface area contributed by atoms with Crippen LogP contribution in [-0.2, 0) is 25.6 Å². The lowest BCUT2D eigenvalue weighted by molar-refractivity contribution is -0.294. The summed E-state index contributed by atoms with van der Waals surface area (Å²) in [5.74, 6) is -0.570. The standard InChI is InChI=1S/C26H33ClN2O10/c1-35-18-11-15(25(34)38-13-19-21(31)22(32)23(33)26(36-2)39-19)10-17(27)24(18)37-12-14-5-3-6-16(9-14)29-20(30)7-4-8-28/h3,5-6,9-11,19,21-23,26,31-33H,4,7-8,12-13,28H2,1-2H3,(H,29,30)/t19-,21-,22+,23-,26-/m1/s1. The van der Waals surface area contributed by atoms with Gasteiger partial charge in [-0.3, -0.25) is 4.79 Å². The number of halogens is 1. The minimum Gasteiger partial charge on any atom is -0.493 e. The predicted molar refractivity (Wildman–Crippen MR) is 140 cm³/mol. The Hall–Kier alpha value is -2.97. The molecular formula is C26H33ClN2O10. The van der Waals surface area contributed by atoms with Crippen molar-refractivity contribution in [2.75, 3.05) is 32.7 Å². The first-order valence-corrected chi connectivity index (χ1v) is 12.5. The van der Waals surface area contributed by atoms with Crippen molar-refractivity contribution in [2.45, 2.75) is 50.2 Å². The van der Waals surface area contributed by atoms with E-state index in [2.05, 4.69) is 5.32 Å². The van der Waals surface area contributed by atoms with E-state index in [9.17, 15) is 24.9 Å². The zero-order chi connectivity index (χ0) is 28.5. The Morgan fingerprint density at radius 1 is 1.10 bits per heavy atom. The third-order valence-electron chi connectivity index (χ3n) is 5.95. The molecule has 214 valence electrons. The van der Waals surface area contributed by atoms with Crippen LogP contribution >= 0.6 is 11.6 Å². The summed E-state index contributed by atoms with van der Waals surface area (Å²) in [6, 6.07) is 9.83. The molecule has 0 saturated carbocycles. The van der Waals surface area contributed by atoms with Crippen LogP contribution in [0.2, 0.25) is 5.02 Å². The van der Waals surface area contributed by atoms with Gasteiger partial charge in [-0.05, 0) is 42.8 Å². The zero-order valence-corrected chi connectivity index (χ0v) is 22.3. The van der Waals surface area contributed by atoms with Crippen LogP contribution < -0.4 is 20.5 Å². The molecule has 13 heteroatoms. The molecule has 0 aromatic heterocycles. The fraction of sp³-hybridized carbons (Fsp3) is 0.462. The zero-order valence-electron chi connectivity index (χ0n) is 21.5. The molecule has 0 unspecified atom stereocenters. The molecule has 1 aliphatic rings. The molecule has 2 aromatic carbocycles. The fourth-order valence-electron chi connectivity index (χ4n) is 3.85. The minimum atomic E-state index is -1.55. The molecule has 1 amide bonds. The molecule has 2 aromatic rings. The van der Waals surface area contributed by atoms with E-state index in [1.54, 1.807) is 18.2 Å². The summed E-state index contributed by atoms with van der Waals surface area (Å²) in [5, 5.41) is 32.9. The Labute approximate surface area is 230 Å². The van der Waals surface area contributed by atoms with Crippen molar-refractivity contribution >= 4 is 29.2 Å². The maximum Gasteiger partial charge on any atom is 0.338 e. The van der Waals surface area contributed by atoms with Crippen molar-refractivity contribution in [2.24, 2.45) is 5.73 Å². The second-order valence-corrected chi connectivity index (χ2v) is 9.17. The van der Waals surface area contributed by atoms with Crippen LogP contribution in [0.1, 0.15) is 28.8 Å². The number of nitrogens with one attached hydrogen (secondary N) is 1. The number of methoxy groups -OCH3 is 2. The van der Waals surface area contributed by atoms with E-state index in [4.69, 9.17) is 41.0 Å². The molecule has 1 heterocycles. The first-order valence-electron chi connectivity index (χ1n) is 12.2. The lowest BCUT2D eigenvalue weighted by atomic mass is 9.99. The minimum absolute atomic E-state index is 0.0422. The van der Waals surface area contributed by atoms with Crippen LogP contribution in [0.25, 0.3) is 0 Å². The van der Waals surface area contributed by atoms with Gasteiger partial charge < -0.3 is 50.1 Å². The number of ether oxygens (including phenoxy) is 5. The molecule has 0 radical (unpaired) electrons. The van der Waals surface area contributed by atoms with E-state index < -0.39 is 43.3 Å². The van der Waals surface area contributed by atoms with Crippen LogP contribution in [0.3, 0.4) is 0 Å². The summed E-state index contributed by atoms with van der Waals surface area (Å²) in [5.41, 5.74) is 6.85. The van der Waals surface area contributed by atoms with E-state index in [0.29, 0.717) is 25.1 Å². The molecule has 0 bridgehead atoms. The number of carbonyl (C=O) groups excluding carboxylic acids is 2. The lowest BCUT2D eigenvalue weighted by Crippen LogP contribution is -2.59. The van der Waals surface area contributed by atoms with Gasteiger partial charge in [-0.1, -0.05) is 23.7 Å². The van der Waals surface area contributed by atoms with Crippen LogP contribution in [-0.4, -0.2) is 85.3 Å². The topological polar surface area (TPSA) is 179 Å². The first-order chi connectivity index (χ1) is 18.7. The highest BCUT2D eigenvalue weighted by molar-refractivity contribution is 6.32. The Balaban J connectivity index is 1.64. The van der Waals surface area contributed by atoms with E-state index in [-0.39, 0.29) is 34.6 Å². The first kappa shape index (κ1) is 30.6. The molecule has 0 aliphatic carbocycles. The Bertz CT molecular complexity index is 1130. The number of rotatable bonds is 12. The van der Waals surface area contributed by atoms with Crippen LogP contribution in [0.5, 0.6) is 11.5 Å². The molecule has 6 N–H and O–H groups in total. The largest absolute Gasteiger partial charge is 0.493 e. The van der Waals surface area contributed by atoms with Crippen LogP contribution in [0, 0.1) is 0 Å². The predicted octanol–water partition coefficient (Wildman–Crippen LogP) is 1.22. The number of hydrogen-bond donors (Lipinski definition) is 5. The highest BCUT2D eigenvalue weighted by Gasteiger charge is 2.44. The monoisotopic (exact) mass is 568 g/mol. The van der Waals surface area contributed by atoms with E-state index >= 15 is 0 Å². The second-order valence-electron chi connectivity index (χ2n) is 8.77. The SMILES string of the molecule is COc1cc(C(=O)OC[C@H]2O[C@@H](OC)[C@H](O)[C@@H](O)[C@@H]2O)cc(Cl)c1OCc1cccc(NC(=O)CCCN)c1. The molecule has 3 rings (SSSR count). The van der Waals surface area contributed by atoms with Crippen molar-refractivity contribution < 1.29 is 48.6 Å². The highest BCUT2D eigenvalue weighted by atomic mass is 35.5. The van der Waals surface area contributed by atoms with E-state index in [0.717, 1.165) is 5.56 Å². The van der Waals surface area contributed by atoms with E-state index in [1.807, 2.05) is 6.07 Å². The van der Waals surface area contributed by atoms with Gasteiger partial charge >= 0.3 is 5.97 Å². The lowest BCUT2D eigenvalue weighted by Gasteiger charge is -2.39. The summed E-state index contributed by atoms with van der Waals surface area (Å²) in [7, 11) is 2.65. The number of benzene rings is 2. The highest BCUT2D eigenvalue weighted by Crippen LogP contribution is 2.37. The third-order valence-corrected chi connectivity index (χ3v) is 6.23. The van der Waals surface area contributed by atoms with Crippen molar-refractivity contribution in [1.82, 2.24) is 0 Å². The molecular weight excluding hydrogens is 536 g/mol. The average molecular weight is 569 g/mol. The second kappa shape index (κ2) is 14.4. The number of nitrogens with two attached hydrogens (primary N) is 1. The third kappa shape index (κ3) is 8.02. The van der Waals surface area contributed by atoms with Crippen molar-refractivity contribution in [3.8, 4) is 11.5 Å². The Morgan fingerprint density at radius 3 is 2.56 bits per heavy atom. The number of aliphatic hydroxyl groups is 3. The van der Waals surface area contributed by atoms with E-state index in [1.165, 1.54) is 26.4 Å². The number of carbonyl (C=O) groups is 2. The summed E-state index contributed by atoms with van der Waals surface area (Å²) < 4.78 is 26.8. The van der Waals surface area contributed by atoms with Gasteiger partial charge in [0.2, 0.25) is 5.91 Å². The fourth-order valence-corrected chi connectivity index (χ4v) is 4.11. The van der Waals surface area contributed by atoms with Gasteiger partial charge in [0, 0.05) is 19.2 Å². The number of anilines is 1. The van der Waals surface area contributed by atoms with Gasteiger partial charge in [-0.25, -0.2) is 4.79 Å². The van der Waals surface area contributed by atoms with Crippen molar-refractivity contribution in [1.29, 1.82) is 0 Å². The number of aliphatic hydroxyl groups excluding tert-OH is 3. The van der Waals surface area contributed by atoms with Gasteiger partial charge in [0.05, 0.1) is 17.7 Å². The number of hydrogen-bond acceptors (Lipinski definition) is 11. The molecule has 39 heavy (non-hydrogen) atoms. The molecule has 0 spiro atoms. The normalized spacial score (nSPS) is 22.7. The number of amides is 1. The molecule has 1 fully saturated rings. The average Bonchev–Trinajstić information content (AvgIpc) is 2.93. The van der Waals surface area contributed by atoms with Gasteiger partial charge in [-0.15, -0.1) is 0 Å². The van der Waals surface area contributed by atoms with Crippen LogP contribution in [0.4, 0.5) is 5.69 Å². The van der Waals surface area contributed by atoms with Gasteiger partial charge in [0.15, 0.2) is 17.8 Å². The summed E-state index contributed by atoms with van der Waals surface area (Å²) in [6.45, 7) is 0.0987.